The number of nitrogens with one attached hydrogen (secondary N) is 2. The van der Waals surface area contributed by atoms with Crippen molar-refractivity contribution in [2.75, 3.05) is 13.1 Å². The first-order valence-electron chi connectivity index (χ1n) is 4.31. The van der Waals surface area contributed by atoms with Crippen molar-refractivity contribution < 1.29 is 13.5 Å². The Labute approximate surface area is 79.7 Å². The molecule has 5 nitrogen and oxygen atoms in total. The molecule has 6 heteroatoms. The Morgan fingerprint density at radius 3 is 2.23 bits per heavy atom. The highest BCUT2D eigenvalue weighted by molar-refractivity contribution is 7.87. The maximum absolute atomic E-state index is 11.0. The Morgan fingerprint density at radius 1 is 1.31 bits per heavy atom. The van der Waals surface area contributed by atoms with Crippen LogP contribution < -0.4 is 9.44 Å². The molecule has 0 radical (unpaired) electrons. The SMILES string of the molecule is CCNS(=O)(=O)NCC(O)C(C)C. The van der Waals surface area contributed by atoms with Gasteiger partial charge in [-0.05, 0) is 5.92 Å². The van der Waals surface area contributed by atoms with Crippen molar-refractivity contribution in [2.45, 2.75) is 26.9 Å². The molecule has 0 spiro atoms. The molecule has 0 saturated heterocycles. The zero-order valence-corrected chi connectivity index (χ0v) is 9.06. The molecule has 0 aromatic rings. The second-order valence-corrected chi connectivity index (χ2v) is 4.75. The van der Waals surface area contributed by atoms with Crippen molar-refractivity contribution in [3.63, 3.8) is 0 Å². The Morgan fingerprint density at radius 2 is 1.85 bits per heavy atom. The van der Waals surface area contributed by atoms with Gasteiger partial charge in [-0.3, -0.25) is 0 Å². The van der Waals surface area contributed by atoms with Crippen molar-refractivity contribution in [3.05, 3.63) is 0 Å². The van der Waals surface area contributed by atoms with E-state index in [0.717, 1.165) is 0 Å². The molecular weight excluding hydrogens is 192 g/mol. The van der Waals surface area contributed by atoms with Gasteiger partial charge in [0.25, 0.3) is 10.2 Å². The van der Waals surface area contributed by atoms with Gasteiger partial charge < -0.3 is 5.11 Å². The summed E-state index contributed by atoms with van der Waals surface area (Å²) in [6, 6.07) is 0. The average molecular weight is 210 g/mol. The number of aliphatic hydroxyl groups excluding tert-OH is 1. The third kappa shape index (κ3) is 5.98. The summed E-state index contributed by atoms with van der Waals surface area (Å²) in [6.07, 6.45) is -0.645. The number of aliphatic hydroxyl groups is 1. The van der Waals surface area contributed by atoms with Gasteiger partial charge in [0, 0.05) is 13.1 Å². The largest absolute Gasteiger partial charge is 0.391 e. The standard InChI is InChI=1S/C7H18N2O3S/c1-4-8-13(11,12)9-5-7(10)6(2)3/h6-10H,4-5H2,1-3H3. The van der Waals surface area contributed by atoms with E-state index in [2.05, 4.69) is 9.44 Å². The number of hydrogen-bond acceptors (Lipinski definition) is 3. The van der Waals surface area contributed by atoms with Crippen LogP contribution >= 0.6 is 0 Å². The molecule has 0 fully saturated rings. The van der Waals surface area contributed by atoms with E-state index in [1.165, 1.54) is 0 Å². The van der Waals surface area contributed by atoms with Gasteiger partial charge in [0.05, 0.1) is 6.10 Å². The molecular formula is C7H18N2O3S. The Hall–Kier alpha value is -0.170. The number of rotatable bonds is 6. The van der Waals surface area contributed by atoms with Crippen LogP contribution in [0.4, 0.5) is 0 Å². The highest BCUT2D eigenvalue weighted by Gasteiger charge is 2.13. The van der Waals surface area contributed by atoms with E-state index in [1.54, 1.807) is 6.92 Å². The molecule has 0 rings (SSSR count). The highest BCUT2D eigenvalue weighted by atomic mass is 32.2. The van der Waals surface area contributed by atoms with Crippen LogP contribution in [0.2, 0.25) is 0 Å². The van der Waals surface area contributed by atoms with E-state index in [4.69, 9.17) is 0 Å². The van der Waals surface area contributed by atoms with E-state index in [-0.39, 0.29) is 12.5 Å². The lowest BCUT2D eigenvalue weighted by Crippen LogP contribution is -2.41. The molecule has 0 bridgehead atoms. The van der Waals surface area contributed by atoms with Crippen LogP contribution in [-0.4, -0.2) is 32.7 Å². The summed E-state index contributed by atoms with van der Waals surface area (Å²) in [4.78, 5) is 0. The lowest BCUT2D eigenvalue weighted by molar-refractivity contribution is 0.129. The molecule has 0 saturated carbocycles. The van der Waals surface area contributed by atoms with Crippen molar-refractivity contribution in [3.8, 4) is 0 Å². The summed E-state index contributed by atoms with van der Waals surface area (Å²) in [5.74, 6) is 0.0457. The second kappa shape index (κ2) is 5.54. The van der Waals surface area contributed by atoms with Gasteiger partial charge in [0.1, 0.15) is 0 Å². The number of hydrogen-bond donors (Lipinski definition) is 3. The van der Waals surface area contributed by atoms with Crippen LogP contribution in [-0.2, 0) is 10.2 Å². The molecule has 0 aliphatic rings. The summed E-state index contributed by atoms with van der Waals surface area (Å²) in [5, 5.41) is 9.30. The van der Waals surface area contributed by atoms with Gasteiger partial charge in [-0.15, -0.1) is 0 Å². The zero-order chi connectivity index (χ0) is 10.5. The van der Waals surface area contributed by atoms with E-state index in [1.807, 2.05) is 13.8 Å². The predicted octanol–water partition coefficient (Wildman–Crippen LogP) is -0.553. The van der Waals surface area contributed by atoms with Crippen LogP contribution in [0, 0.1) is 5.92 Å². The minimum atomic E-state index is -3.42. The van der Waals surface area contributed by atoms with Gasteiger partial charge in [-0.1, -0.05) is 20.8 Å². The molecule has 3 N–H and O–H groups in total. The van der Waals surface area contributed by atoms with E-state index >= 15 is 0 Å². The summed E-state index contributed by atoms with van der Waals surface area (Å²) in [6.45, 7) is 5.73. The quantitative estimate of drug-likeness (QED) is 0.550. The third-order valence-electron chi connectivity index (χ3n) is 1.59. The fourth-order valence-corrected chi connectivity index (χ4v) is 1.54. The molecule has 13 heavy (non-hydrogen) atoms. The first kappa shape index (κ1) is 12.8. The molecule has 0 aliphatic carbocycles. The third-order valence-corrected chi connectivity index (χ3v) is 2.80. The Balaban J connectivity index is 3.88. The van der Waals surface area contributed by atoms with E-state index in [0.29, 0.717) is 6.54 Å². The smallest absolute Gasteiger partial charge is 0.276 e. The zero-order valence-electron chi connectivity index (χ0n) is 8.24. The van der Waals surface area contributed by atoms with Crippen LogP contribution in [0.15, 0.2) is 0 Å². The van der Waals surface area contributed by atoms with Crippen molar-refractivity contribution in [1.82, 2.24) is 9.44 Å². The minimum Gasteiger partial charge on any atom is -0.391 e. The molecule has 0 amide bonds. The highest BCUT2D eigenvalue weighted by Crippen LogP contribution is 1.98. The first-order chi connectivity index (χ1) is 5.89. The molecule has 0 heterocycles. The molecule has 0 aromatic heterocycles. The first-order valence-corrected chi connectivity index (χ1v) is 5.79. The fraction of sp³-hybridized carbons (Fsp3) is 1.00. The van der Waals surface area contributed by atoms with Gasteiger partial charge >= 0.3 is 0 Å². The fourth-order valence-electron chi connectivity index (χ4n) is 0.672. The average Bonchev–Trinajstić information content (AvgIpc) is 2.00. The summed E-state index contributed by atoms with van der Waals surface area (Å²) < 4.78 is 26.6. The summed E-state index contributed by atoms with van der Waals surface area (Å²) >= 11 is 0. The van der Waals surface area contributed by atoms with Gasteiger partial charge in [-0.25, -0.2) is 4.72 Å². The van der Waals surface area contributed by atoms with Crippen molar-refractivity contribution in [2.24, 2.45) is 5.92 Å². The summed E-state index contributed by atoms with van der Waals surface area (Å²) in [5.41, 5.74) is 0. The summed E-state index contributed by atoms with van der Waals surface area (Å²) in [7, 11) is -3.42. The monoisotopic (exact) mass is 210 g/mol. The Bertz CT molecular complexity index is 226. The van der Waals surface area contributed by atoms with E-state index in [9.17, 15) is 13.5 Å². The Kier molecular flexibility index (Phi) is 5.46. The van der Waals surface area contributed by atoms with Crippen LogP contribution in [0.3, 0.4) is 0 Å². The molecule has 80 valence electrons. The van der Waals surface area contributed by atoms with Crippen molar-refractivity contribution >= 4 is 10.2 Å². The van der Waals surface area contributed by atoms with Crippen LogP contribution in [0.25, 0.3) is 0 Å². The predicted molar refractivity (Wildman–Crippen MR) is 51.4 cm³/mol. The maximum atomic E-state index is 11.0. The van der Waals surface area contributed by atoms with Crippen LogP contribution in [0.1, 0.15) is 20.8 Å². The maximum Gasteiger partial charge on any atom is 0.276 e. The molecule has 1 unspecified atom stereocenters. The van der Waals surface area contributed by atoms with Gasteiger partial charge in [0.2, 0.25) is 0 Å². The lowest BCUT2D eigenvalue weighted by Gasteiger charge is -2.14. The van der Waals surface area contributed by atoms with Gasteiger partial charge in [0.15, 0.2) is 0 Å². The molecule has 0 aromatic carbocycles. The second-order valence-electron chi connectivity index (χ2n) is 3.16. The van der Waals surface area contributed by atoms with E-state index < -0.39 is 16.3 Å². The molecule has 1 atom stereocenters. The van der Waals surface area contributed by atoms with Crippen LogP contribution in [0.5, 0.6) is 0 Å². The van der Waals surface area contributed by atoms with Gasteiger partial charge in [-0.2, -0.15) is 13.1 Å². The normalized spacial score (nSPS) is 14.8. The minimum absolute atomic E-state index is 0.0457. The van der Waals surface area contributed by atoms with Crippen molar-refractivity contribution in [1.29, 1.82) is 0 Å². The lowest BCUT2D eigenvalue weighted by atomic mass is 10.1. The molecule has 0 aliphatic heterocycles. The topological polar surface area (TPSA) is 78.4 Å².